The Balaban J connectivity index is 1.81. The molecule has 0 radical (unpaired) electrons. The lowest BCUT2D eigenvalue weighted by atomic mass is 9.84. The first-order valence-electron chi connectivity index (χ1n) is 7.08. The molecule has 1 aromatic rings. The van der Waals surface area contributed by atoms with Crippen molar-refractivity contribution in [2.75, 3.05) is 0 Å². The van der Waals surface area contributed by atoms with E-state index in [1.807, 2.05) is 36.4 Å². The summed E-state index contributed by atoms with van der Waals surface area (Å²) < 4.78 is 11.9. The van der Waals surface area contributed by atoms with Crippen LogP contribution in [0.3, 0.4) is 0 Å². The Morgan fingerprint density at radius 3 is 2.58 bits per heavy atom. The maximum absolute atomic E-state index is 11.9. The van der Waals surface area contributed by atoms with Gasteiger partial charge in [0.05, 0.1) is 16.9 Å². The summed E-state index contributed by atoms with van der Waals surface area (Å²) >= 11 is 0. The molecule has 1 aliphatic carbocycles. The molecule has 0 spiro atoms. The molecular weight excluding hydrogens is 256 g/mol. The van der Waals surface area contributed by atoms with Crippen molar-refractivity contribution in [1.82, 2.24) is 0 Å². The van der Waals surface area contributed by atoms with Crippen molar-refractivity contribution >= 4 is 10.8 Å². The van der Waals surface area contributed by atoms with Crippen molar-refractivity contribution in [3.63, 3.8) is 0 Å². The van der Waals surface area contributed by atoms with Crippen LogP contribution in [-0.4, -0.2) is 15.4 Å². The molecule has 2 rings (SSSR count). The van der Waals surface area contributed by atoms with Crippen LogP contribution in [0.25, 0.3) is 0 Å². The highest BCUT2D eigenvalue weighted by Crippen LogP contribution is 2.27. The molecule has 0 heterocycles. The van der Waals surface area contributed by atoms with Gasteiger partial charge in [0.25, 0.3) is 0 Å². The molecule has 1 saturated carbocycles. The van der Waals surface area contributed by atoms with Crippen LogP contribution in [-0.2, 0) is 10.8 Å². The van der Waals surface area contributed by atoms with E-state index in [0.717, 1.165) is 17.7 Å². The summed E-state index contributed by atoms with van der Waals surface area (Å²) in [6, 6.07) is 9.41. The Kier molecular flexibility index (Phi) is 5.80. The van der Waals surface area contributed by atoms with E-state index in [-0.39, 0.29) is 6.10 Å². The molecule has 1 aliphatic rings. The molecule has 1 aromatic carbocycles. The molecule has 19 heavy (non-hydrogen) atoms. The van der Waals surface area contributed by atoms with E-state index >= 15 is 0 Å². The highest BCUT2D eigenvalue weighted by molar-refractivity contribution is 7.88. The standard InChI is InChI=1S/C16H22O2S/c17-16(14-8-3-1-4-9-14)12-7-13-19(18)15-10-5-2-6-11-15/h2,5-7,10-11,13-14,16-17H,1,3-4,8-9,12H2/b13-7+. The minimum absolute atomic E-state index is 0.274. The van der Waals surface area contributed by atoms with E-state index in [1.54, 1.807) is 5.41 Å². The third-order valence-corrected chi connectivity index (χ3v) is 4.94. The molecule has 2 nitrogen and oxygen atoms in total. The summed E-state index contributed by atoms with van der Waals surface area (Å²) in [4.78, 5) is 0.811. The average molecular weight is 278 g/mol. The van der Waals surface area contributed by atoms with Gasteiger partial charge in [0.2, 0.25) is 0 Å². The zero-order chi connectivity index (χ0) is 13.5. The lowest BCUT2D eigenvalue weighted by molar-refractivity contribution is 0.0874. The lowest BCUT2D eigenvalue weighted by Crippen LogP contribution is -2.22. The number of rotatable bonds is 5. The second-order valence-corrected chi connectivity index (χ2v) is 6.52. The molecule has 3 heteroatoms. The van der Waals surface area contributed by atoms with Gasteiger partial charge in [-0.2, -0.15) is 0 Å². The molecule has 0 bridgehead atoms. The number of benzene rings is 1. The van der Waals surface area contributed by atoms with E-state index in [4.69, 9.17) is 0 Å². The van der Waals surface area contributed by atoms with Gasteiger partial charge in [0, 0.05) is 10.3 Å². The third kappa shape index (κ3) is 4.59. The Morgan fingerprint density at radius 2 is 1.89 bits per heavy atom. The van der Waals surface area contributed by atoms with Crippen molar-refractivity contribution < 1.29 is 9.32 Å². The van der Waals surface area contributed by atoms with Crippen LogP contribution in [0.4, 0.5) is 0 Å². The van der Waals surface area contributed by atoms with E-state index < -0.39 is 10.8 Å². The predicted octanol–water partition coefficient (Wildman–Crippen LogP) is 3.64. The van der Waals surface area contributed by atoms with Gasteiger partial charge in [-0.3, -0.25) is 0 Å². The summed E-state index contributed by atoms with van der Waals surface area (Å²) in [7, 11) is -1.10. The fourth-order valence-corrected chi connectivity index (χ4v) is 3.50. The molecule has 104 valence electrons. The topological polar surface area (TPSA) is 37.3 Å². The highest BCUT2D eigenvalue weighted by atomic mass is 32.2. The zero-order valence-electron chi connectivity index (χ0n) is 11.2. The monoisotopic (exact) mass is 278 g/mol. The predicted molar refractivity (Wildman–Crippen MR) is 79.2 cm³/mol. The fraction of sp³-hybridized carbons (Fsp3) is 0.500. The normalized spacial score (nSPS) is 20.5. The molecule has 0 saturated heterocycles. The van der Waals surface area contributed by atoms with Gasteiger partial charge in [0.15, 0.2) is 0 Å². The second-order valence-electron chi connectivity index (χ2n) is 5.18. The molecule has 0 aromatic heterocycles. The van der Waals surface area contributed by atoms with Gasteiger partial charge >= 0.3 is 0 Å². The van der Waals surface area contributed by atoms with Crippen LogP contribution >= 0.6 is 0 Å². The number of hydrogen-bond donors (Lipinski definition) is 1. The maximum atomic E-state index is 11.9. The van der Waals surface area contributed by atoms with Crippen molar-refractivity contribution in [2.24, 2.45) is 5.92 Å². The third-order valence-electron chi connectivity index (χ3n) is 3.77. The van der Waals surface area contributed by atoms with Gasteiger partial charge in [0.1, 0.15) is 0 Å². The first-order chi connectivity index (χ1) is 9.27. The SMILES string of the molecule is O=S(/C=C/CC(O)C1CCCCC1)c1ccccc1. The van der Waals surface area contributed by atoms with Crippen LogP contribution in [0.2, 0.25) is 0 Å². The Bertz CT molecular complexity index is 422. The summed E-state index contributed by atoms with van der Waals surface area (Å²) in [6.07, 6.45) is 8.25. The van der Waals surface area contributed by atoms with Crippen LogP contribution in [0.5, 0.6) is 0 Å². The summed E-state index contributed by atoms with van der Waals surface area (Å²) in [5.74, 6) is 0.434. The summed E-state index contributed by atoms with van der Waals surface area (Å²) in [5.41, 5.74) is 0. The van der Waals surface area contributed by atoms with E-state index in [0.29, 0.717) is 12.3 Å². The zero-order valence-corrected chi connectivity index (χ0v) is 12.0. The molecule has 2 atom stereocenters. The quantitative estimate of drug-likeness (QED) is 0.893. The van der Waals surface area contributed by atoms with Crippen LogP contribution in [0, 0.1) is 5.92 Å². The largest absolute Gasteiger partial charge is 0.393 e. The first-order valence-corrected chi connectivity index (χ1v) is 8.29. The average Bonchev–Trinajstić information content (AvgIpc) is 2.49. The minimum Gasteiger partial charge on any atom is -0.393 e. The summed E-state index contributed by atoms with van der Waals surface area (Å²) in [5, 5.41) is 11.8. The van der Waals surface area contributed by atoms with E-state index in [2.05, 4.69) is 0 Å². The lowest BCUT2D eigenvalue weighted by Gasteiger charge is -2.25. The van der Waals surface area contributed by atoms with Gasteiger partial charge in [-0.05, 0) is 37.3 Å². The highest BCUT2D eigenvalue weighted by Gasteiger charge is 2.20. The molecule has 0 amide bonds. The van der Waals surface area contributed by atoms with Crippen molar-refractivity contribution in [3.05, 3.63) is 41.8 Å². The fourth-order valence-electron chi connectivity index (χ4n) is 2.63. The van der Waals surface area contributed by atoms with Crippen LogP contribution < -0.4 is 0 Å². The van der Waals surface area contributed by atoms with Gasteiger partial charge in [-0.15, -0.1) is 0 Å². The van der Waals surface area contributed by atoms with Crippen LogP contribution in [0.1, 0.15) is 38.5 Å². The van der Waals surface area contributed by atoms with Crippen molar-refractivity contribution in [1.29, 1.82) is 0 Å². The first kappa shape index (κ1) is 14.5. The molecule has 1 fully saturated rings. The Morgan fingerprint density at radius 1 is 1.21 bits per heavy atom. The Labute approximate surface area is 118 Å². The molecular formula is C16H22O2S. The Hall–Kier alpha value is -0.930. The minimum atomic E-state index is -1.10. The number of aliphatic hydroxyl groups excluding tert-OH is 1. The van der Waals surface area contributed by atoms with Gasteiger partial charge < -0.3 is 5.11 Å². The maximum Gasteiger partial charge on any atom is 0.0772 e. The van der Waals surface area contributed by atoms with Crippen LogP contribution in [0.15, 0.2) is 46.7 Å². The van der Waals surface area contributed by atoms with Crippen molar-refractivity contribution in [2.45, 2.75) is 49.5 Å². The van der Waals surface area contributed by atoms with E-state index in [9.17, 15) is 9.32 Å². The van der Waals surface area contributed by atoms with Crippen molar-refractivity contribution in [3.8, 4) is 0 Å². The molecule has 2 unspecified atom stereocenters. The van der Waals surface area contributed by atoms with E-state index in [1.165, 1.54) is 19.3 Å². The second kappa shape index (κ2) is 7.61. The molecule has 1 N–H and O–H groups in total. The van der Waals surface area contributed by atoms with Gasteiger partial charge in [-0.1, -0.05) is 43.5 Å². The smallest absolute Gasteiger partial charge is 0.0772 e. The molecule has 0 aliphatic heterocycles. The number of hydrogen-bond acceptors (Lipinski definition) is 2. The van der Waals surface area contributed by atoms with Gasteiger partial charge in [-0.25, -0.2) is 4.21 Å². The summed E-state index contributed by atoms with van der Waals surface area (Å²) in [6.45, 7) is 0. The number of aliphatic hydroxyl groups is 1.